The van der Waals surface area contributed by atoms with Crippen LogP contribution in [0.25, 0.3) is 0 Å². The van der Waals surface area contributed by atoms with Gasteiger partial charge in [0.1, 0.15) is 5.75 Å². The predicted molar refractivity (Wildman–Crippen MR) is 70.2 cm³/mol. The van der Waals surface area contributed by atoms with Crippen molar-refractivity contribution in [3.05, 3.63) is 26.1 Å². The Bertz CT molecular complexity index is 446. The summed E-state index contributed by atoms with van der Waals surface area (Å²) in [5, 5.41) is -0.306. The molecular weight excluding hydrogens is 359 g/mol. The van der Waals surface area contributed by atoms with Gasteiger partial charge in [0.05, 0.1) is 11.1 Å². The van der Waals surface area contributed by atoms with Crippen LogP contribution >= 0.6 is 43.5 Å². The van der Waals surface area contributed by atoms with Gasteiger partial charge in [0.2, 0.25) is 5.24 Å². The second-order valence-corrected chi connectivity index (χ2v) is 5.61. The van der Waals surface area contributed by atoms with Gasteiger partial charge < -0.3 is 4.74 Å². The summed E-state index contributed by atoms with van der Waals surface area (Å²) in [5.41, 5.74) is 2.28. The molecular formula is C11H9Br2ClO2. The van der Waals surface area contributed by atoms with E-state index in [0.29, 0.717) is 12.8 Å². The summed E-state index contributed by atoms with van der Waals surface area (Å²) in [6.45, 7) is 0.720. The molecule has 0 fully saturated rings. The molecule has 0 radical (unpaired) electrons. The molecule has 0 aromatic heterocycles. The Hall–Kier alpha value is -0.0600. The van der Waals surface area contributed by atoms with E-state index in [4.69, 9.17) is 16.3 Å². The lowest BCUT2D eigenvalue weighted by molar-refractivity contribution is -0.111. The molecule has 2 nitrogen and oxygen atoms in total. The summed E-state index contributed by atoms with van der Waals surface area (Å²) < 4.78 is 7.40. The van der Waals surface area contributed by atoms with Gasteiger partial charge in [0.15, 0.2) is 0 Å². The lowest BCUT2D eigenvalue weighted by atomic mass is 10.1. The number of carbonyl (C=O) groups is 1. The van der Waals surface area contributed by atoms with E-state index in [1.54, 1.807) is 0 Å². The van der Waals surface area contributed by atoms with Gasteiger partial charge in [-0.25, -0.2) is 0 Å². The Morgan fingerprint density at radius 2 is 2.19 bits per heavy atom. The van der Waals surface area contributed by atoms with E-state index >= 15 is 0 Å². The highest BCUT2D eigenvalue weighted by atomic mass is 79.9. The van der Waals surface area contributed by atoms with Gasteiger partial charge in [0, 0.05) is 17.3 Å². The van der Waals surface area contributed by atoms with Crippen molar-refractivity contribution in [2.45, 2.75) is 19.3 Å². The van der Waals surface area contributed by atoms with E-state index in [0.717, 1.165) is 33.3 Å². The molecule has 2 rings (SSSR count). The average molecular weight is 368 g/mol. The molecule has 16 heavy (non-hydrogen) atoms. The number of ether oxygens (including phenoxy) is 1. The van der Waals surface area contributed by atoms with Crippen molar-refractivity contribution in [2.75, 3.05) is 6.61 Å². The lowest BCUT2D eigenvalue weighted by Gasteiger charge is -2.09. The largest absolute Gasteiger partial charge is 0.492 e. The fourth-order valence-corrected chi connectivity index (χ4v) is 2.95. The minimum Gasteiger partial charge on any atom is -0.492 e. The van der Waals surface area contributed by atoms with Gasteiger partial charge in [0.25, 0.3) is 0 Å². The van der Waals surface area contributed by atoms with Crippen molar-refractivity contribution in [1.82, 2.24) is 0 Å². The Balaban J connectivity index is 2.32. The Morgan fingerprint density at radius 3 is 2.88 bits per heavy atom. The number of hydrogen-bond acceptors (Lipinski definition) is 2. The molecule has 0 saturated carbocycles. The fraction of sp³-hybridized carbons (Fsp3) is 0.364. The summed E-state index contributed by atoms with van der Waals surface area (Å²) >= 11 is 12.3. The third kappa shape index (κ3) is 2.44. The minimum atomic E-state index is -0.306. The van der Waals surface area contributed by atoms with Gasteiger partial charge in [-0.3, -0.25) is 4.79 Å². The van der Waals surface area contributed by atoms with Crippen molar-refractivity contribution in [3.8, 4) is 5.75 Å². The average Bonchev–Trinajstić information content (AvgIpc) is 2.69. The van der Waals surface area contributed by atoms with Crippen LogP contribution in [0.1, 0.15) is 17.5 Å². The number of carbonyl (C=O) groups excluding carboxylic acids is 1. The smallest absolute Gasteiger partial charge is 0.221 e. The van der Waals surface area contributed by atoms with Crippen molar-refractivity contribution in [2.24, 2.45) is 0 Å². The zero-order chi connectivity index (χ0) is 11.7. The SMILES string of the molecule is O=C(Cl)CCc1cc2c(c(Br)c1Br)OCC2. The number of hydrogen-bond donors (Lipinski definition) is 0. The monoisotopic (exact) mass is 366 g/mol. The van der Waals surface area contributed by atoms with Crippen molar-refractivity contribution < 1.29 is 9.53 Å². The van der Waals surface area contributed by atoms with Crippen molar-refractivity contribution in [1.29, 1.82) is 0 Å². The minimum absolute atomic E-state index is 0.306. The van der Waals surface area contributed by atoms with Crippen LogP contribution in [-0.4, -0.2) is 11.8 Å². The summed E-state index contributed by atoms with van der Waals surface area (Å²) in [6.07, 6.45) is 1.92. The van der Waals surface area contributed by atoms with Crippen LogP contribution in [0, 0.1) is 0 Å². The van der Waals surface area contributed by atoms with Gasteiger partial charge in [-0.2, -0.15) is 0 Å². The first-order valence-corrected chi connectivity index (χ1v) is 6.87. The van der Waals surface area contributed by atoms with E-state index in [2.05, 4.69) is 37.9 Å². The van der Waals surface area contributed by atoms with E-state index in [9.17, 15) is 4.79 Å². The van der Waals surface area contributed by atoms with E-state index in [1.165, 1.54) is 5.56 Å². The predicted octanol–water partition coefficient (Wildman–Crippen LogP) is 3.84. The zero-order valence-corrected chi connectivity index (χ0v) is 12.3. The normalized spacial score (nSPS) is 13.4. The molecule has 1 heterocycles. The first-order valence-electron chi connectivity index (χ1n) is 4.90. The molecule has 0 bridgehead atoms. The third-order valence-electron chi connectivity index (χ3n) is 2.52. The molecule has 0 saturated heterocycles. The molecule has 1 aromatic carbocycles. The number of benzene rings is 1. The highest BCUT2D eigenvalue weighted by Crippen LogP contribution is 2.41. The molecule has 5 heteroatoms. The molecule has 0 amide bonds. The summed E-state index contributed by atoms with van der Waals surface area (Å²) in [5.74, 6) is 0.910. The Kier molecular flexibility index (Phi) is 3.93. The maximum absolute atomic E-state index is 10.8. The van der Waals surface area contributed by atoms with E-state index in [-0.39, 0.29) is 5.24 Å². The maximum atomic E-state index is 10.8. The van der Waals surface area contributed by atoms with Crippen LogP contribution in [0.5, 0.6) is 5.75 Å². The number of halogens is 3. The first kappa shape index (κ1) is 12.4. The second-order valence-electron chi connectivity index (χ2n) is 3.61. The van der Waals surface area contributed by atoms with Gasteiger partial charge in [-0.05, 0) is 61.0 Å². The summed E-state index contributed by atoms with van der Waals surface area (Å²) in [6, 6.07) is 2.08. The van der Waals surface area contributed by atoms with Crippen LogP contribution in [0.3, 0.4) is 0 Å². The van der Waals surface area contributed by atoms with Crippen LogP contribution < -0.4 is 4.74 Å². The molecule has 0 aliphatic carbocycles. The molecule has 0 spiro atoms. The third-order valence-corrected chi connectivity index (χ3v) is 4.91. The Labute approximate surface area is 116 Å². The van der Waals surface area contributed by atoms with Crippen LogP contribution in [0.4, 0.5) is 0 Å². The number of fused-ring (bicyclic) bond motifs is 1. The maximum Gasteiger partial charge on any atom is 0.221 e. The van der Waals surface area contributed by atoms with Crippen molar-refractivity contribution in [3.63, 3.8) is 0 Å². The number of aryl methyl sites for hydroxylation is 1. The summed E-state index contributed by atoms with van der Waals surface area (Å²) in [4.78, 5) is 10.8. The fourth-order valence-electron chi connectivity index (χ4n) is 1.74. The highest BCUT2D eigenvalue weighted by Gasteiger charge is 2.20. The van der Waals surface area contributed by atoms with Crippen molar-refractivity contribution >= 4 is 48.7 Å². The summed E-state index contributed by atoms with van der Waals surface area (Å²) in [7, 11) is 0. The van der Waals surface area contributed by atoms with E-state index < -0.39 is 0 Å². The first-order chi connectivity index (χ1) is 7.59. The molecule has 1 aliphatic heterocycles. The quantitative estimate of drug-likeness (QED) is 0.758. The highest BCUT2D eigenvalue weighted by molar-refractivity contribution is 9.13. The van der Waals surface area contributed by atoms with Gasteiger partial charge in [-0.1, -0.05) is 6.07 Å². The standard InChI is InChI=1S/C11H9Br2ClO2/c12-9-6(1-2-8(14)15)5-7-3-4-16-11(7)10(9)13/h5H,1-4H2. The second kappa shape index (κ2) is 5.07. The van der Waals surface area contributed by atoms with Gasteiger partial charge >= 0.3 is 0 Å². The van der Waals surface area contributed by atoms with E-state index in [1.807, 2.05) is 0 Å². The molecule has 1 aromatic rings. The molecule has 86 valence electrons. The zero-order valence-electron chi connectivity index (χ0n) is 8.36. The van der Waals surface area contributed by atoms with Gasteiger partial charge in [-0.15, -0.1) is 0 Å². The van der Waals surface area contributed by atoms with Crippen LogP contribution in [-0.2, 0) is 17.6 Å². The molecule has 0 atom stereocenters. The molecule has 0 N–H and O–H groups in total. The molecule has 1 aliphatic rings. The Morgan fingerprint density at radius 1 is 1.44 bits per heavy atom. The molecule has 0 unspecified atom stereocenters. The van der Waals surface area contributed by atoms with Crippen LogP contribution in [0.15, 0.2) is 15.0 Å². The lowest BCUT2D eigenvalue weighted by Crippen LogP contribution is -1.95. The topological polar surface area (TPSA) is 26.3 Å². The number of rotatable bonds is 3. The van der Waals surface area contributed by atoms with Crippen LogP contribution in [0.2, 0.25) is 0 Å².